The van der Waals surface area contributed by atoms with Gasteiger partial charge in [-0.05, 0) is 30.5 Å². The molecule has 0 aliphatic carbocycles. The zero-order chi connectivity index (χ0) is 21.1. The first kappa shape index (κ1) is 21.0. The lowest BCUT2D eigenvalue weighted by Gasteiger charge is -2.47. The van der Waals surface area contributed by atoms with E-state index < -0.39 is 12.1 Å². The SMILES string of the molecule is CSN1CCN2CCN(c3cc(-c4cnc(/C=C\C(=N)C(F)F)[nH]4)ccn3)CC2C1. The fourth-order valence-corrected chi connectivity index (χ4v) is 4.45. The maximum absolute atomic E-state index is 12.4. The van der Waals surface area contributed by atoms with E-state index >= 15 is 0 Å². The molecule has 2 aliphatic heterocycles. The minimum Gasteiger partial charge on any atom is -0.354 e. The summed E-state index contributed by atoms with van der Waals surface area (Å²) in [7, 11) is 0. The van der Waals surface area contributed by atoms with E-state index in [9.17, 15) is 8.78 Å². The largest absolute Gasteiger partial charge is 0.354 e. The van der Waals surface area contributed by atoms with Gasteiger partial charge in [-0.15, -0.1) is 0 Å². The number of pyridine rings is 1. The highest BCUT2D eigenvalue weighted by Crippen LogP contribution is 2.25. The Hall–Kier alpha value is -2.30. The molecule has 1 unspecified atom stereocenters. The minimum absolute atomic E-state index is 0.432. The van der Waals surface area contributed by atoms with Crippen LogP contribution in [0.4, 0.5) is 14.6 Å². The van der Waals surface area contributed by atoms with E-state index in [2.05, 4.69) is 35.3 Å². The average molecular weight is 434 g/mol. The number of piperazine rings is 2. The van der Waals surface area contributed by atoms with E-state index in [0.717, 1.165) is 62.4 Å². The summed E-state index contributed by atoms with van der Waals surface area (Å²) >= 11 is 1.81. The Morgan fingerprint density at radius 1 is 1.27 bits per heavy atom. The highest BCUT2D eigenvalue weighted by molar-refractivity contribution is 7.96. The fraction of sp³-hybridized carbons (Fsp3) is 0.450. The van der Waals surface area contributed by atoms with Gasteiger partial charge >= 0.3 is 0 Å². The number of rotatable bonds is 6. The molecule has 160 valence electrons. The number of H-pyrrole nitrogens is 1. The van der Waals surface area contributed by atoms with Crippen molar-refractivity contribution in [3.05, 3.63) is 36.4 Å². The first-order valence-electron chi connectivity index (χ1n) is 9.87. The van der Waals surface area contributed by atoms with Crippen molar-refractivity contribution in [2.75, 3.05) is 50.4 Å². The van der Waals surface area contributed by atoms with E-state index in [1.165, 1.54) is 6.08 Å². The molecule has 2 aromatic rings. The molecule has 0 amide bonds. The van der Waals surface area contributed by atoms with Gasteiger partial charge in [0.05, 0.1) is 17.6 Å². The van der Waals surface area contributed by atoms with Crippen molar-refractivity contribution in [1.29, 1.82) is 5.41 Å². The van der Waals surface area contributed by atoms with Crippen LogP contribution in [0.1, 0.15) is 5.82 Å². The van der Waals surface area contributed by atoms with E-state index in [1.807, 2.05) is 24.1 Å². The number of hydrogen-bond acceptors (Lipinski definition) is 7. The number of allylic oxidation sites excluding steroid dienone is 1. The van der Waals surface area contributed by atoms with Gasteiger partial charge in [-0.25, -0.2) is 23.1 Å². The zero-order valence-electron chi connectivity index (χ0n) is 16.8. The van der Waals surface area contributed by atoms with Crippen LogP contribution in [-0.2, 0) is 0 Å². The Labute approximate surface area is 178 Å². The smallest absolute Gasteiger partial charge is 0.279 e. The van der Waals surface area contributed by atoms with Crippen LogP contribution in [0.25, 0.3) is 17.3 Å². The van der Waals surface area contributed by atoms with Crippen LogP contribution in [0.15, 0.2) is 30.6 Å². The number of anilines is 1. The molecule has 4 heterocycles. The fourth-order valence-electron chi connectivity index (χ4n) is 3.87. The molecule has 1 atom stereocenters. The molecule has 30 heavy (non-hydrogen) atoms. The van der Waals surface area contributed by atoms with Gasteiger partial charge in [0, 0.05) is 57.1 Å². The second-order valence-electron chi connectivity index (χ2n) is 7.38. The molecule has 0 spiro atoms. The normalized spacial score (nSPS) is 20.8. The third kappa shape index (κ3) is 4.71. The van der Waals surface area contributed by atoms with Crippen molar-refractivity contribution in [1.82, 2.24) is 24.2 Å². The van der Waals surface area contributed by atoms with Gasteiger partial charge in [-0.1, -0.05) is 11.9 Å². The van der Waals surface area contributed by atoms with Gasteiger partial charge in [-0.3, -0.25) is 10.3 Å². The molecule has 2 fully saturated rings. The Kier molecular flexibility index (Phi) is 6.45. The Bertz CT molecular complexity index is 916. The molecule has 10 heteroatoms. The first-order chi connectivity index (χ1) is 14.5. The topological polar surface area (TPSA) is 75.1 Å². The molecule has 0 aromatic carbocycles. The molecule has 0 bridgehead atoms. The summed E-state index contributed by atoms with van der Waals surface area (Å²) < 4.78 is 27.3. The molecule has 2 N–H and O–H groups in total. The van der Waals surface area contributed by atoms with Crippen molar-refractivity contribution >= 4 is 29.6 Å². The molecule has 0 radical (unpaired) electrons. The number of hydrogen-bond donors (Lipinski definition) is 2. The third-order valence-corrected chi connectivity index (χ3v) is 6.39. The monoisotopic (exact) mass is 433 g/mol. The van der Waals surface area contributed by atoms with Gasteiger partial charge in [0.2, 0.25) is 0 Å². The van der Waals surface area contributed by atoms with E-state index in [1.54, 1.807) is 12.4 Å². The van der Waals surface area contributed by atoms with Gasteiger partial charge in [0.15, 0.2) is 0 Å². The standard InChI is InChI=1S/C20H25F2N7S/c1-30-29-9-8-27-6-7-28(12-15(27)13-29)19-10-14(4-5-24-19)17-11-25-18(26-17)3-2-16(23)20(21)22/h2-5,10-11,15,20,23H,6-9,12-13H2,1H3,(H,25,26)/b3-2-,23-16?. The van der Waals surface area contributed by atoms with Crippen molar-refractivity contribution in [3.63, 3.8) is 0 Å². The van der Waals surface area contributed by atoms with Crippen LogP contribution in [0, 0.1) is 5.41 Å². The lowest BCUT2D eigenvalue weighted by molar-refractivity contribution is 0.111. The molecule has 2 saturated heterocycles. The van der Waals surface area contributed by atoms with Gasteiger partial charge in [-0.2, -0.15) is 0 Å². The quantitative estimate of drug-likeness (QED) is 0.539. The van der Waals surface area contributed by atoms with Gasteiger partial charge in [0.25, 0.3) is 6.43 Å². The summed E-state index contributed by atoms with van der Waals surface area (Å²) in [6.45, 7) is 6.20. The molecule has 2 aromatic heterocycles. The maximum Gasteiger partial charge on any atom is 0.279 e. The Morgan fingerprint density at radius 2 is 2.10 bits per heavy atom. The Balaban J connectivity index is 1.46. The number of nitrogens with zero attached hydrogens (tertiary/aromatic N) is 5. The highest BCUT2D eigenvalue weighted by Gasteiger charge is 2.32. The van der Waals surface area contributed by atoms with Crippen molar-refractivity contribution < 1.29 is 8.78 Å². The summed E-state index contributed by atoms with van der Waals surface area (Å²) in [6, 6.07) is 4.44. The lowest BCUT2D eigenvalue weighted by atomic mass is 10.1. The van der Waals surface area contributed by atoms with Crippen LogP contribution in [-0.4, -0.2) is 87.9 Å². The minimum atomic E-state index is -2.79. The molecule has 7 nitrogen and oxygen atoms in total. The number of halogens is 2. The number of imidazole rings is 1. The highest BCUT2D eigenvalue weighted by atomic mass is 32.2. The van der Waals surface area contributed by atoms with Crippen LogP contribution in [0.5, 0.6) is 0 Å². The van der Waals surface area contributed by atoms with Crippen molar-refractivity contribution in [3.8, 4) is 11.3 Å². The average Bonchev–Trinajstić information content (AvgIpc) is 3.25. The molecule has 0 saturated carbocycles. The number of aromatic amines is 1. The Morgan fingerprint density at radius 3 is 2.90 bits per heavy atom. The number of nitrogens with one attached hydrogen (secondary N) is 2. The second kappa shape index (κ2) is 9.23. The molecular weight excluding hydrogens is 408 g/mol. The van der Waals surface area contributed by atoms with Crippen LogP contribution < -0.4 is 4.90 Å². The predicted octanol–water partition coefficient (Wildman–Crippen LogP) is 2.85. The maximum atomic E-state index is 12.4. The van der Waals surface area contributed by atoms with Crippen molar-refractivity contribution in [2.24, 2.45) is 0 Å². The molecule has 4 rings (SSSR count). The van der Waals surface area contributed by atoms with Gasteiger partial charge < -0.3 is 9.88 Å². The van der Waals surface area contributed by atoms with E-state index in [-0.39, 0.29) is 0 Å². The number of fused-ring (bicyclic) bond motifs is 1. The summed E-state index contributed by atoms with van der Waals surface area (Å²) in [5, 5.41) is 7.19. The van der Waals surface area contributed by atoms with Crippen LogP contribution in [0.2, 0.25) is 0 Å². The molecular formula is C20H25F2N7S. The van der Waals surface area contributed by atoms with Crippen LogP contribution >= 0.6 is 11.9 Å². The van der Waals surface area contributed by atoms with Crippen molar-refractivity contribution in [2.45, 2.75) is 12.5 Å². The van der Waals surface area contributed by atoms with E-state index in [4.69, 9.17) is 5.41 Å². The summed E-state index contributed by atoms with van der Waals surface area (Å²) in [6.07, 6.45) is 5.25. The molecule has 2 aliphatic rings. The third-order valence-electron chi connectivity index (χ3n) is 5.55. The van der Waals surface area contributed by atoms with Gasteiger partial charge in [0.1, 0.15) is 11.6 Å². The second-order valence-corrected chi connectivity index (χ2v) is 8.26. The first-order valence-corrected chi connectivity index (χ1v) is 11.1. The number of alkyl halides is 2. The summed E-state index contributed by atoms with van der Waals surface area (Å²) in [5.74, 6) is 1.36. The predicted molar refractivity (Wildman–Crippen MR) is 117 cm³/mol. The summed E-state index contributed by atoms with van der Waals surface area (Å²) in [5.41, 5.74) is 0.987. The van der Waals surface area contributed by atoms with E-state index in [0.29, 0.717) is 11.9 Å². The number of aromatic nitrogens is 3. The lowest BCUT2D eigenvalue weighted by Crippen LogP contribution is -2.61. The summed E-state index contributed by atoms with van der Waals surface area (Å²) in [4.78, 5) is 16.8. The van der Waals surface area contributed by atoms with Crippen LogP contribution in [0.3, 0.4) is 0 Å². The zero-order valence-corrected chi connectivity index (χ0v) is 17.6.